The monoisotopic (exact) mass is 527 g/mol. The third-order valence-corrected chi connectivity index (χ3v) is 6.43. The Labute approximate surface area is 216 Å². The summed E-state index contributed by atoms with van der Waals surface area (Å²) in [5.74, 6) is -3.67. The molecule has 0 bridgehead atoms. The number of hydrogen-bond donors (Lipinski definition) is 2. The highest BCUT2D eigenvalue weighted by atomic mass is 19.4. The molecule has 4 rings (SSSR count). The van der Waals surface area contributed by atoms with Crippen LogP contribution in [0, 0.1) is 5.92 Å². The van der Waals surface area contributed by atoms with Gasteiger partial charge in [-0.1, -0.05) is 48.5 Å². The topological polar surface area (TPSA) is 104 Å². The maximum Gasteiger partial charge on any atom is 0.573 e. The Morgan fingerprint density at radius 2 is 1.37 bits per heavy atom. The summed E-state index contributed by atoms with van der Waals surface area (Å²) in [5, 5.41) is 20.2. The van der Waals surface area contributed by atoms with Crippen molar-refractivity contribution in [2.45, 2.75) is 31.7 Å². The van der Waals surface area contributed by atoms with E-state index < -0.39 is 36.2 Å². The summed E-state index contributed by atoms with van der Waals surface area (Å²) in [4.78, 5) is 37.9. The Bertz CT molecular complexity index is 1290. The third kappa shape index (κ3) is 6.20. The van der Waals surface area contributed by atoms with Crippen molar-refractivity contribution in [1.29, 1.82) is 0 Å². The number of nitrogens with zero attached hydrogens (tertiary/aromatic N) is 1. The molecule has 0 fully saturated rings. The van der Waals surface area contributed by atoms with Crippen LogP contribution in [-0.4, -0.2) is 51.9 Å². The first-order valence-corrected chi connectivity index (χ1v) is 11.8. The molecule has 0 aromatic heterocycles. The van der Waals surface area contributed by atoms with Crippen LogP contribution in [0.5, 0.6) is 5.75 Å². The first kappa shape index (κ1) is 26.9. The molecule has 2 N–H and O–H groups in total. The van der Waals surface area contributed by atoms with Gasteiger partial charge in [-0.05, 0) is 60.2 Å². The number of amides is 2. The quantitative estimate of drug-likeness (QED) is 0.363. The lowest BCUT2D eigenvalue weighted by Crippen LogP contribution is -2.36. The number of aryl methyl sites for hydroxylation is 1. The fourth-order valence-corrected chi connectivity index (χ4v) is 4.42. The molecular weight excluding hydrogens is 503 g/mol. The summed E-state index contributed by atoms with van der Waals surface area (Å²) in [7, 11) is 0. The molecule has 0 radical (unpaired) electrons. The highest BCUT2D eigenvalue weighted by Gasteiger charge is 2.36. The number of aliphatic hydroxyl groups excluding tert-OH is 1. The number of carbonyl (C=O) groups is 3. The van der Waals surface area contributed by atoms with Crippen molar-refractivity contribution < 1.29 is 42.5 Å². The molecule has 198 valence electrons. The molecule has 2 amide bonds. The number of fused-ring (bicyclic) bond motifs is 1. The summed E-state index contributed by atoms with van der Waals surface area (Å²) in [5.41, 5.74) is 2.83. The lowest BCUT2D eigenvalue weighted by molar-refractivity contribution is -0.274. The Hall–Kier alpha value is -4.18. The minimum atomic E-state index is -4.76. The molecule has 2 atom stereocenters. The van der Waals surface area contributed by atoms with Crippen molar-refractivity contribution in [2.75, 3.05) is 6.54 Å². The number of carboxylic acids is 1. The van der Waals surface area contributed by atoms with Gasteiger partial charge in [-0.2, -0.15) is 0 Å². The number of halogens is 3. The van der Waals surface area contributed by atoms with Gasteiger partial charge in [0.25, 0.3) is 11.8 Å². The smallest absolute Gasteiger partial charge is 0.481 e. The Morgan fingerprint density at radius 1 is 0.842 bits per heavy atom. The van der Waals surface area contributed by atoms with Crippen molar-refractivity contribution in [2.24, 2.45) is 5.92 Å². The van der Waals surface area contributed by atoms with Crippen LogP contribution in [0.4, 0.5) is 13.2 Å². The normalized spacial score (nSPS) is 14.8. The Kier molecular flexibility index (Phi) is 7.82. The molecule has 3 aromatic rings. The fourth-order valence-electron chi connectivity index (χ4n) is 4.42. The minimum absolute atomic E-state index is 0.0883. The fraction of sp³-hybridized carbons (Fsp3) is 0.250. The second kappa shape index (κ2) is 11.1. The maximum atomic E-state index is 12.5. The van der Waals surface area contributed by atoms with E-state index in [9.17, 15) is 37.8 Å². The highest BCUT2D eigenvalue weighted by Crippen LogP contribution is 2.28. The summed E-state index contributed by atoms with van der Waals surface area (Å²) in [6.45, 7) is -0.123. The number of benzene rings is 3. The van der Waals surface area contributed by atoms with Crippen LogP contribution < -0.4 is 4.74 Å². The first-order chi connectivity index (χ1) is 18.0. The zero-order valence-electron chi connectivity index (χ0n) is 20.0. The first-order valence-electron chi connectivity index (χ1n) is 11.8. The van der Waals surface area contributed by atoms with Crippen molar-refractivity contribution in [3.8, 4) is 16.9 Å². The van der Waals surface area contributed by atoms with Crippen LogP contribution in [0.1, 0.15) is 39.1 Å². The molecule has 38 heavy (non-hydrogen) atoms. The number of hydrogen-bond acceptors (Lipinski definition) is 5. The lowest BCUT2D eigenvalue weighted by Gasteiger charge is -2.22. The van der Waals surface area contributed by atoms with E-state index in [0.29, 0.717) is 12.0 Å². The second-order valence-electron chi connectivity index (χ2n) is 8.92. The second-order valence-corrected chi connectivity index (χ2v) is 8.92. The molecular formula is C28H24F3NO6. The van der Waals surface area contributed by atoms with E-state index >= 15 is 0 Å². The van der Waals surface area contributed by atoms with Gasteiger partial charge in [0.05, 0.1) is 23.1 Å². The van der Waals surface area contributed by atoms with Crippen LogP contribution in [0.25, 0.3) is 11.1 Å². The van der Waals surface area contributed by atoms with Crippen LogP contribution in [0.15, 0.2) is 72.8 Å². The predicted molar refractivity (Wildman–Crippen MR) is 130 cm³/mol. The van der Waals surface area contributed by atoms with E-state index in [-0.39, 0.29) is 36.3 Å². The van der Waals surface area contributed by atoms with Gasteiger partial charge in [0, 0.05) is 6.54 Å². The Morgan fingerprint density at radius 3 is 1.87 bits per heavy atom. The van der Waals surface area contributed by atoms with Crippen LogP contribution >= 0.6 is 0 Å². The summed E-state index contributed by atoms with van der Waals surface area (Å²) >= 11 is 0. The molecule has 1 aliphatic rings. The third-order valence-electron chi connectivity index (χ3n) is 6.43. The van der Waals surface area contributed by atoms with Crippen molar-refractivity contribution in [3.63, 3.8) is 0 Å². The lowest BCUT2D eigenvalue weighted by atomic mass is 9.93. The van der Waals surface area contributed by atoms with Crippen molar-refractivity contribution in [1.82, 2.24) is 4.90 Å². The number of rotatable bonds is 10. The van der Waals surface area contributed by atoms with E-state index in [0.717, 1.165) is 16.0 Å². The number of carbonyl (C=O) groups excluding carboxylic acids is 2. The average Bonchev–Trinajstić information content (AvgIpc) is 3.12. The molecule has 7 nitrogen and oxygen atoms in total. The van der Waals surface area contributed by atoms with Gasteiger partial charge in [-0.15, -0.1) is 13.2 Å². The molecule has 1 aliphatic heterocycles. The van der Waals surface area contributed by atoms with E-state index in [2.05, 4.69) is 4.74 Å². The molecule has 3 aromatic carbocycles. The SMILES string of the molecule is O=C(O)[C@H](CCN1C(=O)c2ccccc2C1=O)[C@H](O)CCc1ccc(-c2ccc(OC(F)(F)F)cc2)cc1. The number of carboxylic acid groups (broad SMARTS) is 1. The number of imide groups is 1. The van der Waals surface area contributed by atoms with Gasteiger partial charge in [0.1, 0.15) is 5.75 Å². The number of ether oxygens (including phenoxy) is 1. The van der Waals surface area contributed by atoms with Gasteiger partial charge in [0.15, 0.2) is 0 Å². The van der Waals surface area contributed by atoms with Crippen molar-refractivity contribution >= 4 is 17.8 Å². The summed E-state index contributed by atoms with van der Waals surface area (Å²) in [6, 6.07) is 19.0. The molecule has 0 spiro atoms. The highest BCUT2D eigenvalue weighted by molar-refractivity contribution is 6.21. The van der Waals surface area contributed by atoms with Gasteiger partial charge in [0.2, 0.25) is 0 Å². The van der Waals surface area contributed by atoms with E-state index in [4.69, 9.17) is 0 Å². The summed E-state index contributed by atoms with van der Waals surface area (Å²) in [6.07, 6.45) is -5.54. The number of aliphatic carboxylic acids is 1. The van der Waals surface area contributed by atoms with Crippen LogP contribution in [0.3, 0.4) is 0 Å². The molecule has 0 saturated carbocycles. The zero-order chi connectivity index (χ0) is 27.4. The summed E-state index contributed by atoms with van der Waals surface area (Å²) < 4.78 is 40.9. The molecule has 0 saturated heterocycles. The molecule has 1 heterocycles. The predicted octanol–water partition coefficient (Wildman–Crippen LogP) is 4.93. The minimum Gasteiger partial charge on any atom is -0.481 e. The van der Waals surface area contributed by atoms with Gasteiger partial charge in [-0.3, -0.25) is 19.3 Å². The van der Waals surface area contributed by atoms with E-state index in [1.54, 1.807) is 48.5 Å². The van der Waals surface area contributed by atoms with Gasteiger partial charge in [-0.25, -0.2) is 0 Å². The van der Waals surface area contributed by atoms with E-state index in [1.807, 2.05) is 0 Å². The standard InChI is InChI=1S/C28H24F3NO6/c29-28(30,31)38-20-12-10-19(11-13-20)18-8-5-17(6-9-18)7-14-24(33)23(27(36)37)15-16-32-25(34)21-3-1-2-4-22(21)26(32)35/h1-6,8-13,23-24,33H,7,14-16H2,(H,36,37)/t23-,24-/m1/s1. The van der Waals surface area contributed by atoms with E-state index in [1.165, 1.54) is 24.3 Å². The van der Waals surface area contributed by atoms with Crippen LogP contribution in [0.2, 0.25) is 0 Å². The number of alkyl halides is 3. The number of aliphatic hydroxyl groups is 1. The zero-order valence-corrected chi connectivity index (χ0v) is 20.0. The maximum absolute atomic E-state index is 12.5. The van der Waals surface area contributed by atoms with Gasteiger partial charge >= 0.3 is 12.3 Å². The van der Waals surface area contributed by atoms with Crippen molar-refractivity contribution in [3.05, 3.63) is 89.5 Å². The average molecular weight is 527 g/mol. The Balaban J connectivity index is 1.32. The molecule has 10 heteroatoms. The largest absolute Gasteiger partial charge is 0.573 e. The molecule has 0 aliphatic carbocycles. The van der Waals surface area contributed by atoms with Crippen LogP contribution in [-0.2, 0) is 11.2 Å². The van der Waals surface area contributed by atoms with Gasteiger partial charge < -0.3 is 14.9 Å². The molecule has 0 unspecified atom stereocenters.